The number of hydrogen-bond acceptors (Lipinski definition) is 0. The molecular weight excluding hydrogens is 96.1 g/mol. The third-order valence-electron chi connectivity index (χ3n) is 1.05. The van der Waals surface area contributed by atoms with Crippen molar-refractivity contribution in [2.24, 2.45) is 5.92 Å². The first-order chi connectivity index (χ1) is 3.66. The summed E-state index contributed by atoms with van der Waals surface area (Å²) in [4.78, 5) is 0. The second kappa shape index (κ2) is 3.48. The molecule has 0 fully saturated rings. The van der Waals surface area contributed by atoms with E-state index in [1.165, 1.54) is 0 Å². The van der Waals surface area contributed by atoms with Gasteiger partial charge in [0.25, 0.3) is 0 Å². The highest BCUT2D eigenvalue weighted by molar-refractivity contribution is 4.91. The summed E-state index contributed by atoms with van der Waals surface area (Å²) in [5, 5.41) is 0. The Morgan fingerprint density at radius 1 is 1.88 bits per heavy atom. The van der Waals surface area contributed by atoms with Gasteiger partial charge in [0.1, 0.15) is 0 Å². The molecule has 0 rings (SSSR count). The van der Waals surface area contributed by atoms with E-state index in [0.29, 0.717) is 5.92 Å². The molecule has 0 heterocycles. The van der Waals surface area contributed by atoms with Gasteiger partial charge in [0.05, 0.1) is 0 Å². The van der Waals surface area contributed by atoms with Crippen LogP contribution in [-0.4, -0.2) is 0 Å². The third-order valence-corrected chi connectivity index (χ3v) is 1.05. The fourth-order valence-electron chi connectivity index (χ4n) is 0.591. The highest BCUT2D eigenvalue weighted by Crippen LogP contribution is 2.07. The van der Waals surface area contributed by atoms with Gasteiger partial charge in [0.15, 0.2) is 0 Å². The van der Waals surface area contributed by atoms with E-state index in [9.17, 15) is 0 Å². The van der Waals surface area contributed by atoms with Crippen molar-refractivity contribution in [1.29, 1.82) is 0 Å². The van der Waals surface area contributed by atoms with Crippen LogP contribution >= 0.6 is 0 Å². The zero-order chi connectivity index (χ0) is 6.57. The van der Waals surface area contributed by atoms with E-state index in [1.807, 2.05) is 13.0 Å². The summed E-state index contributed by atoms with van der Waals surface area (Å²) in [6.07, 6.45) is 2.87. The third kappa shape index (κ3) is 3.66. The summed E-state index contributed by atoms with van der Waals surface area (Å²) in [6, 6.07) is 0. The van der Waals surface area contributed by atoms with Gasteiger partial charge in [0.2, 0.25) is 0 Å². The SMILES string of the molecule is [CH]=C(C)CC(C)C=C. The zero-order valence-corrected chi connectivity index (χ0v) is 5.65. The van der Waals surface area contributed by atoms with Crippen LogP contribution in [0.15, 0.2) is 18.2 Å². The van der Waals surface area contributed by atoms with Crippen molar-refractivity contribution >= 4 is 0 Å². The highest BCUT2D eigenvalue weighted by Gasteiger charge is 1.93. The van der Waals surface area contributed by atoms with Crippen LogP contribution in [0.2, 0.25) is 0 Å². The molecule has 0 nitrogen and oxygen atoms in total. The maximum absolute atomic E-state index is 5.44. The van der Waals surface area contributed by atoms with Gasteiger partial charge in [-0.25, -0.2) is 0 Å². The predicted molar refractivity (Wildman–Crippen MR) is 37.5 cm³/mol. The van der Waals surface area contributed by atoms with Gasteiger partial charge in [-0.15, -0.1) is 6.58 Å². The Bertz CT molecular complexity index is 90.2. The molecule has 0 aromatic rings. The highest BCUT2D eigenvalue weighted by atomic mass is 14.0. The lowest BCUT2D eigenvalue weighted by Crippen LogP contribution is -1.87. The lowest BCUT2D eigenvalue weighted by atomic mass is 10.0. The molecule has 0 aliphatic rings. The first-order valence-corrected chi connectivity index (χ1v) is 2.87. The Morgan fingerprint density at radius 3 is 2.50 bits per heavy atom. The molecule has 1 unspecified atom stereocenters. The van der Waals surface area contributed by atoms with Gasteiger partial charge >= 0.3 is 0 Å². The smallest absolute Gasteiger partial charge is 0.0227 e. The Morgan fingerprint density at radius 2 is 2.38 bits per heavy atom. The molecule has 0 N–H and O–H groups in total. The zero-order valence-electron chi connectivity index (χ0n) is 5.65. The summed E-state index contributed by atoms with van der Waals surface area (Å²) in [5.74, 6) is 0.528. The fraction of sp³-hybridized carbons (Fsp3) is 0.500. The van der Waals surface area contributed by atoms with Crippen molar-refractivity contribution in [2.75, 3.05) is 0 Å². The van der Waals surface area contributed by atoms with Crippen LogP contribution < -0.4 is 0 Å². The molecule has 0 saturated carbocycles. The number of hydrogen-bond donors (Lipinski definition) is 0. The van der Waals surface area contributed by atoms with E-state index in [1.54, 1.807) is 0 Å². The largest absolute Gasteiger partial charge is 0.103 e. The summed E-state index contributed by atoms with van der Waals surface area (Å²) in [7, 11) is 0. The minimum absolute atomic E-state index is 0.528. The Labute approximate surface area is 51.9 Å². The summed E-state index contributed by atoms with van der Waals surface area (Å²) >= 11 is 0. The van der Waals surface area contributed by atoms with E-state index >= 15 is 0 Å². The van der Waals surface area contributed by atoms with Crippen molar-refractivity contribution in [3.63, 3.8) is 0 Å². The van der Waals surface area contributed by atoms with E-state index in [0.717, 1.165) is 12.0 Å². The maximum Gasteiger partial charge on any atom is -0.0227 e. The molecule has 0 aliphatic heterocycles. The predicted octanol–water partition coefficient (Wildman–Crippen LogP) is 2.58. The lowest BCUT2D eigenvalue weighted by molar-refractivity contribution is 0.719. The molecule has 8 heavy (non-hydrogen) atoms. The number of rotatable bonds is 3. The molecule has 0 aliphatic carbocycles. The molecule has 0 saturated heterocycles. The molecule has 0 amide bonds. The van der Waals surface area contributed by atoms with Gasteiger partial charge in [-0.2, -0.15) is 0 Å². The molecule has 45 valence electrons. The van der Waals surface area contributed by atoms with Gasteiger partial charge in [-0.1, -0.05) is 25.2 Å². The second-order valence-electron chi connectivity index (χ2n) is 2.26. The van der Waals surface area contributed by atoms with E-state index < -0.39 is 0 Å². The Balaban J connectivity index is 3.38. The molecule has 0 spiro atoms. The quantitative estimate of drug-likeness (QED) is 0.489. The molecular formula is C8H13. The van der Waals surface area contributed by atoms with Crippen molar-refractivity contribution in [2.45, 2.75) is 20.3 Å². The van der Waals surface area contributed by atoms with Gasteiger partial charge < -0.3 is 0 Å². The monoisotopic (exact) mass is 109 g/mol. The Kier molecular flexibility index (Phi) is 3.25. The summed E-state index contributed by atoms with van der Waals surface area (Å²) in [5.41, 5.74) is 0.984. The minimum atomic E-state index is 0.528. The van der Waals surface area contributed by atoms with Crippen LogP contribution in [0.3, 0.4) is 0 Å². The van der Waals surface area contributed by atoms with Crippen molar-refractivity contribution in [3.05, 3.63) is 24.8 Å². The first kappa shape index (κ1) is 7.48. The minimum Gasteiger partial charge on any atom is -0.103 e. The molecule has 0 aromatic carbocycles. The molecule has 1 radical (unpaired) electrons. The van der Waals surface area contributed by atoms with E-state index in [2.05, 4.69) is 13.5 Å². The van der Waals surface area contributed by atoms with Crippen LogP contribution in [-0.2, 0) is 0 Å². The van der Waals surface area contributed by atoms with Gasteiger partial charge in [-0.05, 0) is 19.3 Å². The summed E-state index contributed by atoms with van der Waals surface area (Å²) in [6.45, 7) is 13.1. The average molecular weight is 109 g/mol. The van der Waals surface area contributed by atoms with E-state index in [4.69, 9.17) is 6.58 Å². The molecule has 0 bridgehead atoms. The standard InChI is InChI=1S/C8H13/c1-5-8(4)6-7(2)3/h2,5,8H,1,6H2,3-4H3. The van der Waals surface area contributed by atoms with E-state index in [-0.39, 0.29) is 0 Å². The molecule has 0 aromatic heterocycles. The van der Waals surface area contributed by atoms with Crippen molar-refractivity contribution in [1.82, 2.24) is 0 Å². The Hall–Kier alpha value is -0.520. The average Bonchev–Trinajstić information content (AvgIpc) is 1.65. The topological polar surface area (TPSA) is 0 Å². The molecule has 1 atom stereocenters. The van der Waals surface area contributed by atoms with Gasteiger partial charge in [-0.3, -0.25) is 0 Å². The van der Waals surface area contributed by atoms with Crippen LogP contribution in [0.5, 0.6) is 0 Å². The van der Waals surface area contributed by atoms with Crippen LogP contribution in [0, 0.1) is 12.5 Å². The van der Waals surface area contributed by atoms with Crippen LogP contribution in [0.4, 0.5) is 0 Å². The van der Waals surface area contributed by atoms with Crippen LogP contribution in [0.25, 0.3) is 0 Å². The van der Waals surface area contributed by atoms with Crippen molar-refractivity contribution < 1.29 is 0 Å². The molecule has 0 heteroatoms. The lowest BCUT2D eigenvalue weighted by Gasteiger charge is -2.01. The second-order valence-corrected chi connectivity index (χ2v) is 2.26. The van der Waals surface area contributed by atoms with Crippen LogP contribution in [0.1, 0.15) is 20.3 Å². The van der Waals surface area contributed by atoms with Gasteiger partial charge in [0, 0.05) is 0 Å². The summed E-state index contributed by atoms with van der Waals surface area (Å²) < 4.78 is 0. The van der Waals surface area contributed by atoms with Crippen molar-refractivity contribution in [3.8, 4) is 0 Å². The fourth-order valence-corrected chi connectivity index (χ4v) is 0.591. The first-order valence-electron chi connectivity index (χ1n) is 2.87. The normalized spacial score (nSPS) is 12.8. The maximum atomic E-state index is 5.44. The number of allylic oxidation sites excluding steroid dienone is 2.